The lowest BCUT2D eigenvalue weighted by molar-refractivity contribution is -0.384. The number of nitrogens with one attached hydrogen (secondary N) is 1. The molecule has 1 unspecified atom stereocenters. The first kappa shape index (κ1) is 15.2. The first-order chi connectivity index (χ1) is 9.47. The van der Waals surface area contributed by atoms with Crippen LogP contribution in [0.4, 0.5) is 11.4 Å². The molecule has 0 spiro atoms. The second kappa shape index (κ2) is 6.53. The van der Waals surface area contributed by atoms with Crippen LogP contribution < -0.4 is 5.32 Å². The van der Waals surface area contributed by atoms with E-state index in [0.29, 0.717) is 5.69 Å². The molecule has 2 aromatic carbocycles. The summed E-state index contributed by atoms with van der Waals surface area (Å²) in [5.74, 6) is 0. The Bertz CT molecular complexity index is 649. The van der Waals surface area contributed by atoms with Crippen molar-refractivity contribution in [1.82, 2.24) is 0 Å². The minimum absolute atomic E-state index is 0.0220. The zero-order valence-corrected chi connectivity index (χ0v) is 14.4. The first-order valence-corrected chi connectivity index (χ1v) is 7.80. The average Bonchev–Trinajstić information content (AvgIpc) is 2.40. The molecule has 0 aliphatic rings. The molecule has 0 radical (unpaired) electrons. The number of hydrogen-bond donors (Lipinski definition) is 1. The summed E-state index contributed by atoms with van der Waals surface area (Å²) in [6, 6.07) is 13.0. The molecule has 1 atom stereocenters. The van der Waals surface area contributed by atoms with E-state index in [4.69, 9.17) is 0 Å². The quantitative estimate of drug-likeness (QED) is 0.402. The van der Waals surface area contributed by atoms with Crippen LogP contribution in [0.5, 0.6) is 0 Å². The highest BCUT2D eigenvalue weighted by Gasteiger charge is 2.16. The molecule has 0 fully saturated rings. The van der Waals surface area contributed by atoms with E-state index in [1.807, 2.05) is 37.3 Å². The van der Waals surface area contributed by atoms with Crippen LogP contribution in [0.2, 0.25) is 0 Å². The third-order valence-corrected chi connectivity index (χ3v) is 4.04. The van der Waals surface area contributed by atoms with Gasteiger partial charge in [0.05, 0.1) is 4.92 Å². The van der Waals surface area contributed by atoms with E-state index >= 15 is 0 Å². The summed E-state index contributed by atoms with van der Waals surface area (Å²) in [6.45, 7) is 1.98. The van der Waals surface area contributed by atoms with Crippen LogP contribution in [-0.4, -0.2) is 4.92 Å². The topological polar surface area (TPSA) is 55.2 Å². The summed E-state index contributed by atoms with van der Waals surface area (Å²) in [6.07, 6.45) is 0. The Morgan fingerprint density at radius 1 is 1.30 bits per heavy atom. The number of nitro groups is 1. The molecule has 0 bridgehead atoms. The third kappa shape index (κ3) is 3.69. The fraction of sp³-hybridized carbons (Fsp3) is 0.143. The van der Waals surface area contributed by atoms with Crippen molar-refractivity contribution >= 4 is 49.9 Å². The summed E-state index contributed by atoms with van der Waals surface area (Å²) in [4.78, 5) is 10.7. The SMILES string of the molecule is CC(Nc1ccc(I)cc1[N+](=O)[O-])c1cccc(Br)c1. The zero-order valence-electron chi connectivity index (χ0n) is 10.6. The average molecular weight is 447 g/mol. The van der Waals surface area contributed by atoms with Crippen molar-refractivity contribution in [3.05, 3.63) is 66.2 Å². The van der Waals surface area contributed by atoms with Crippen molar-refractivity contribution in [2.75, 3.05) is 5.32 Å². The van der Waals surface area contributed by atoms with Gasteiger partial charge in [0.25, 0.3) is 5.69 Å². The molecule has 6 heteroatoms. The standard InChI is InChI=1S/C14H12BrIN2O2/c1-9(10-3-2-4-11(15)7-10)17-13-6-5-12(16)8-14(13)18(19)20/h2-9,17H,1H3. The van der Waals surface area contributed by atoms with Crippen LogP contribution in [0.15, 0.2) is 46.9 Å². The number of halogens is 2. The van der Waals surface area contributed by atoms with Crippen LogP contribution in [0.25, 0.3) is 0 Å². The molecule has 0 saturated heterocycles. The number of nitrogens with zero attached hydrogens (tertiary/aromatic N) is 1. The summed E-state index contributed by atoms with van der Waals surface area (Å²) in [5, 5.41) is 14.3. The van der Waals surface area contributed by atoms with Gasteiger partial charge in [-0.2, -0.15) is 0 Å². The summed E-state index contributed by atoms with van der Waals surface area (Å²) < 4.78 is 1.83. The molecule has 20 heavy (non-hydrogen) atoms. The molecule has 2 rings (SSSR count). The van der Waals surface area contributed by atoms with E-state index in [9.17, 15) is 10.1 Å². The van der Waals surface area contributed by atoms with Gasteiger partial charge in [0.1, 0.15) is 5.69 Å². The third-order valence-electron chi connectivity index (χ3n) is 2.88. The van der Waals surface area contributed by atoms with Gasteiger partial charge in [0, 0.05) is 20.2 Å². The Morgan fingerprint density at radius 2 is 2.05 bits per heavy atom. The Labute approximate surface area is 139 Å². The summed E-state index contributed by atoms with van der Waals surface area (Å²) in [7, 11) is 0. The van der Waals surface area contributed by atoms with Crippen molar-refractivity contribution in [1.29, 1.82) is 0 Å². The van der Waals surface area contributed by atoms with Crippen molar-refractivity contribution in [2.24, 2.45) is 0 Å². The fourth-order valence-corrected chi connectivity index (χ4v) is 2.76. The highest BCUT2D eigenvalue weighted by Crippen LogP contribution is 2.30. The van der Waals surface area contributed by atoms with Crippen molar-refractivity contribution in [3.8, 4) is 0 Å². The maximum absolute atomic E-state index is 11.1. The van der Waals surface area contributed by atoms with Gasteiger partial charge >= 0.3 is 0 Å². The molecule has 0 aliphatic carbocycles. The van der Waals surface area contributed by atoms with Gasteiger partial charge in [-0.15, -0.1) is 0 Å². The van der Waals surface area contributed by atoms with E-state index in [0.717, 1.165) is 13.6 Å². The van der Waals surface area contributed by atoms with Gasteiger partial charge in [0.2, 0.25) is 0 Å². The maximum Gasteiger partial charge on any atom is 0.293 e. The molecule has 0 heterocycles. The van der Waals surface area contributed by atoms with E-state index < -0.39 is 0 Å². The van der Waals surface area contributed by atoms with Crippen LogP contribution in [0.1, 0.15) is 18.5 Å². The molecule has 0 aromatic heterocycles. The van der Waals surface area contributed by atoms with Crippen LogP contribution in [0.3, 0.4) is 0 Å². The Balaban J connectivity index is 2.28. The lowest BCUT2D eigenvalue weighted by atomic mass is 10.1. The Hall–Kier alpha value is -1.15. The molecule has 104 valence electrons. The largest absolute Gasteiger partial charge is 0.373 e. The monoisotopic (exact) mass is 446 g/mol. The van der Waals surface area contributed by atoms with Gasteiger partial charge in [-0.1, -0.05) is 28.1 Å². The summed E-state index contributed by atoms with van der Waals surface area (Å²) >= 11 is 5.49. The second-order valence-electron chi connectivity index (χ2n) is 4.34. The molecule has 1 N–H and O–H groups in total. The molecule has 4 nitrogen and oxygen atoms in total. The normalized spacial score (nSPS) is 11.9. The predicted octanol–water partition coefficient (Wildman–Crippen LogP) is 5.14. The minimum Gasteiger partial charge on any atom is -0.373 e. The Kier molecular flexibility index (Phi) is 4.98. The number of anilines is 1. The van der Waals surface area contributed by atoms with Gasteiger partial charge in [0.15, 0.2) is 0 Å². The maximum atomic E-state index is 11.1. The Morgan fingerprint density at radius 3 is 2.70 bits per heavy atom. The van der Waals surface area contributed by atoms with Crippen molar-refractivity contribution in [2.45, 2.75) is 13.0 Å². The number of nitro benzene ring substituents is 1. The van der Waals surface area contributed by atoms with Gasteiger partial charge in [-0.3, -0.25) is 10.1 Å². The van der Waals surface area contributed by atoms with Crippen LogP contribution >= 0.6 is 38.5 Å². The van der Waals surface area contributed by atoms with Gasteiger partial charge in [-0.05, 0) is 59.3 Å². The lowest BCUT2D eigenvalue weighted by Crippen LogP contribution is -2.08. The molecule has 0 amide bonds. The predicted molar refractivity (Wildman–Crippen MR) is 92.0 cm³/mol. The highest BCUT2D eigenvalue weighted by molar-refractivity contribution is 14.1. The molecular weight excluding hydrogens is 435 g/mol. The van der Waals surface area contributed by atoms with Crippen molar-refractivity contribution in [3.63, 3.8) is 0 Å². The fourth-order valence-electron chi connectivity index (χ4n) is 1.87. The zero-order chi connectivity index (χ0) is 14.7. The lowest BCUT2D eigenvalue weighted by Gasteiger charge is -2.16. The van der Waals surface area contributed by atoms with Crippen LogP contribution in [-0.2, 0) is 0 Å². The summed E-state index contributed by atoms with van der Waals surface area (Å²) in [5.41, 5.74) is 1.69. The second-order valence-corrected chi connectivity index (χ2v) is 6.50. The van der Waals surface area contributed by atoms with Crippen LogP contribution in [0, 0.1) is 13.7 Å². The van der Waals surface area contributed by atoms with E-state index in [-0.39, 0.29) is 16.7 Å². The van der Waals surface area contributed by atoms with Crippen molar-refractivity contribution < 1.29 is 4.92 Å². The minimum atomic E-state index is -0.363. The van der Waals surface area contributed by atoms with Gasteiger partial charge in [-0.25, -0.2) is 0 Å². The molecular formula is C14H12BrIN2O2. The smallest absolute Gasteiger partial charge is 0.293 e. The number of hydrogen-bond acceptors (Lipinski definition) is 3. The van der Waals surface area contributed by atoms with E-state index in [2.05, 4.69) is 43.8 Å². The molecule has 0 saturated carbocycles. The van der Waals surface area contributed by atoms with E-state index in [1.54, 1.807) is 12.1 Å². The first-order valence-electron chi connectivity index (χ1n) is 5.93. The van der Waals surface area contributed by atoms with Gasteiger partial charge < -0.3 is 5.32 Å². The number of benzene rings is 2. The van der Waals surface area contributed by atoms with E-state index in [1.165, 1.54) is 0 Å². The molecule has 0 aliphatic heterocycles. The molecule has 2 aromatic rings. The number of rotatable bonds is 4. The highest BCUT2D eigenvalue weighted by atomic mass is 127.